The third-order valence-corrected chi connectivity index (χ3v) is 2.04. The minimum atomic E-state index is -1.54. The van der Waals surface area contributed by atoms with Gasteiger partial charge >= 0.3 is 5.97 Å². The first-order chi connectivity index (χ1) is 4.57. The van der Waals surface area contributed by atoms with Gasteiger partial charge < -0.3 is 15.5 Å². The second-order valence-electron chi connectivity index (χ2n) is 2.66. The van der Waals surface area contributed by atoms with Gasteiger partial charge in [0.2, 0.25) is 0 Å². The lowest BCUT2D eigenvalue weighted by molar-refractivity contribution is -0.158. The average molecular weight is 145 g/mol. The number of hydrogen-bond acceptors (Lipinski definition) is 3. The topological polar surface area (TPSA) is 69.6 Å². The molecule has 1 aliphatic rings. The standard InChI is InChI=1S/C6H11NO3/c1-4-6(10,5(8)9)2-3-7-4/h4,7,10H,2-3H2,1H3,(H,8,9)/t4?,6-/m1/s1. The number of rotatable bonds is 1. The second kappa shape index (κ2) is 2.21. The Morgan fingerprint density at radius 3 is 2.60 bits per heavy atom. The third-order valence-electron chi connectivity index (χ3n) is 2.04. The summed E-state index contributed by atoms with van der Waals surface area (Å²) in [6.07, 6.45) is 0.295. The summed E-state index contributed by atoms with van der Waals surface area (Å²) in [6.45, 7) is 2.24. The monoisotopic (exact) mass is 145 g/mol. The summed E-state index contributed by atoms with van der Waals surface area (Å²) < 4.78 is 0. The molecule has 0 saturated carbocycles. The highest BCUT2D eigenvalue weighted by atomic mass is 16.4. The summed E-state index contributed by atoms with van der Waals surface area (Å²) in [5.74, 6) is -1.13. The van der Waals surface area contributed by atoms with Crippen molar-refractivity contribution in [3.05, 3.63) is 0 Å². The van der Waals surface area contributed by atoms with Crippen molar-refractivity contribution in [2.75, 3.05) is 6.54 Å². The van der Waals surface area contributed by atoms with Crippen molar-refractivity contribution < 1.29 is 15.0 Å². The zero-order valence-electron chi connectivity index (χ0n) is 5.79. The van der Waals surface area contributed by atoms with Gasteiger partial charge in [0.15, 0.2) is 5.60 Å². The molecule has 2 atom stereocenters. The van der Waals surface area contributed by atoms with Crippen LogP contribution in [0.3, 0.4) is 0 Å². The van der Waals surface area contributed by atoms with Crippen LogP contribution in [0.5, 0.6) is 0 Å². The van der Waals surface area contributed by atoms with Gasteiger partial charge in [-0.25, -0.2) is 4.79 Å². The number of carboxylic acid groups (broad SMARTS) is 1. The van der Waals surface area contributed by atoms with E-state index in [1.807, 2.05) is 0 Å². The van der Waals surface area contributed by atoms with Crippen LogP contribution in [0, 0.1) is 0 Å². The van der Waals surface area contributed by atoms with Crippen molar-refractivity contribution in [3.63, 3.8) is 0 Å². The Bertz CT molecular complexity index is 159. The average Bonchev–Trinajstić information content (AvgIpc) is 2.15. The van der Waals surface area contributed by atoms with Crippen molar-refractivity contribution in [2.24, 2.45) is 0 Å². The Hall–Kier alpha value is -0.610. The van der Waals surface area contributed by atoms with Gasteiger partial charge in [-0.05, 0) is 13.5 Å². The van der Waals surface area contributed by atoms with E-state index in [1.54, 1.807) is 6.92 Å². The molecule has 1 aliphatic heterocycles. The Balaban J connectivity index is 2.75. The maximum Gasteiger partial charge on any atom is 0.337 e. The van der Waals surface area contributed by atoms with E-state index in [-0.39, 0.29) is 6.04 Å². The van der Waals surface area contributed by atoms with Gasteiger partial charge in [0.05, 0.1) is 0 Å². The van der Waals surface area contributed by atoms with Gasteiger partial charge in [-0.1, -0.05) is 0 Å². The number of carboxylic acids is 1. The van der Waals surface area contributed by atoms with Crippen LogP contribution in [0.1, 0.15) is 13.3 Å². The zero-order chi connectivity index (χ0) is 7.78. The number of aliphatic carboxylic acids is 1. The lowest BCUT2D eigenvalue weighted by atomic mass is 9.97. The largest absolute Gasteiger partial charge is 0.479 e. The lowest BCUT2D eigenvalue weighted by Crippen LogP contribution is -2.47. The number of aliphatic hydroxyl groups is 1. The molecule has 0 aromatic heterocycles. The van der Waals surface area contributed by atoms with E-state index in [0.29, 0.717) is 13.0 Å². The lowest BCUT2D eigenvalue weighted by Gasteiger charge is -2.20. The summed E-state index contributed by atoms with van der Waals surface area (Å²) in [4.78, 5) is 10.4. The van der Waals surface area contributed by atoms with Gasteiger partial charge in [-0.3, -0.25) is 0 Å². The summed E-state index contributed by atoms with van der Waals surface area (Å²) in [5, 5.41) is 20.8. The van der Waals surface area contributed by atoms with E-state index >= 15 is 0 Å². The van der Waals surface area contributed by atoms with Crippen LogP contribution in [-0.2, 0) is 4.79 Å². The molecule has 0 bridgehead atoms. The van der Waals surface area contributed by atoms with E-state index in [0.717, 1.165) is 0 Å². The highest BCUT2D eigenvalue weighted by Gasteiger charge is 2.45. The molecule has 1 fully saturated rings. The fraction of sp³-hybridized carbons (Fsp3) is 0.833. The van der Waals surface area contributed by atoms with Gasteiger partial charge in [0.1, 0.15) is 0 Å². The molecule has 58 valence electrons. The Labute approximate surface area is 58.9 Å². The van der Waals surface area contributed by atoms with Crippen LogP contribution < -0.4 is 5.32 Å². The second-order valence-corrected chi connectivity index (χ2v) is 2.66. The highest BCUT2D eigenvalue weighted by Crippen LogP contribution is 2.20. The quantitative estimate of drug-likeness (QED) is 0.451. The molecule has 3 N–H and O–H groups in total. The van der Waals surface area contributed by atoms with Gasteiger partial charge in [0.25, 0.3) is 0 Å². The smallest absolute Gasteiger partial charge is 0.337 e. The molecule has 0 amide bonds. The molecule has 1 unspecified atom stereocenters. The van der Waals surface area contributed by atoms with Crippen molar-refractivity contribution in [3.8, 4) is 0 Å². The summed E-state index contributed by atoms with van der Waals surface area (Å²) >= 11 is 0. The summed E-state index contributed by atoms with van der Waals surface area (Å²) in [5.41, 5.74) is -1.54. The van der Waals surface area contributed by atoms with E-state index in [4.69, 9.17) is 5.11 Å². The SMILES string of the molecule is CC1NCC[C@]1(O)C(=O)O. The van der Waals surface area contributed by atoms with Gasteiger partial charge in [-0.2, -0.15) is 0 Å². The predicted octanol–water partition coefficient (Wildman–Crippen LogP) is -0.816. The first-order valence-electron chi connectivity index (χ1n) is 3.26. The molecule has 4 nitrogen and oxygen atoms in total. The van der Waals surface area contributed by atoms with Crippen molar-refractivity contribution >= 4 is 5.97 Å². The van der Waals surface area contributed by atoms with E-state index in [2.05, 4.69) is 5.32 Å². The fourth-order valence-corrected chi connectivity index (χ4v) is 1.16. The minimum absolute atomic E-state index is 0.295. The number of hydrogen-bond donors (Lipinski definition) is 3. The maximum absolute atomic E-state index is 10.4. The molecule has 0 aromatic carbocycles. The Kier molecular flexibility index (Phi) is 1.66. The van der Waals surface area contributed by atoms with E-state index in [1.165, 1.54) is 0 Å². The first kappa shape index (κ1) is 7.50. The molecule has 1 saturated heterocycles. The van der Waals surface area contributed by atoms with E-state index < -0.39 is 11.6 Å². The molecular formula is C6H11NO3. The van der Waals surface area contributed by atoms with Crippen LogP contribution in [0.25, 0.3) is 0 Å². The van der Waals surface area contributed by atoms with Crippen LogP contribution >= 0.6 is 0 Å². The third kappa shape index (κ3) is 0.892. The minimum Gasteiger partial charge on any atom is -0.479 e. The summed E-state index contributed by atoms with van der Waals surface area (Å²) in [7, 11) is 0. The molecule has 0 spiro atoms. The van der Waals surface area contributed by atoms with Crippen LogP contribution in [0.4, 0.5) is 0 Å². The maximum atomic E-state index is 10.4. The van der Waals surface area contributed by atoms with Crippen molar-refractivity contribution in [1.29, 1.82) is 0 Å². The van der Waals surface area contributed by atoms with E-state index in [9.17, 15) is 9.90 Å². The molecule has 1 rings (SSSR count). The predicted molar refractivity (Wildman–Crippen MR) is 34.7 cm³/mol. The number of carbonyl (C=O) groups is 1. The molecule has 10 heavy (non-hydrogen) atoms. The molecular weight excluding hydrogens is 134 g/mol. The van der Waals surface area contributed by atoms with Gasteiger partial charge in [0, 0.05) is 12.5 Å². The first-order valence-corrected chi connectivity index (χ1v) is 3.26. The molecule has 0 aromatic rings. The Morgan fingerprint density at radius 2 is 2.40 bits per heavy atom. The van der Waals surface area contributed by atoms with Crippen molar-refractivity contribution in [2.45, 2.75) is 25.0 Å². The molecule has 4 heteroatoms. The summed E-state index contributed by atoms with van der Waals surface area (Å²) in [6, 6.07) is -0.343. The van der Waals surface area contributed by atoms with Crippen molar-refractivity contribution in [1.82, 2.24) is 5.32 Å². The number of nitrogens with one attached hydrogen (secondary N) is 1. The molecule has 0 aliphatic carbocycles. The zero-order valence-corrected chi connectivity index (χ0v) is 5.79. The highest BCUT2D eigenvalue weighted by molar-refractivity contribution is 5.78. The van der Waals surface area contributed by atoms with Gasteiger partial charge in [-0.15, -0.1) is 0 Å². The normalized spacial score (nSPS) is 40.0. The van der Waals surface area contributed by atoms with Crippen LogP contribution in [-0.4, -0.2) is 34.4 Å². The molecule has 0 radical (unpaired) electrons. The van der Waals surface area contributed by atoms with Crippen LogP contribution in [0.15, 0.2) is 0 Å². The molecule has 1 heterocycles. The fourth-order valence-electron chi connectivity index (χ4n) is 1.16. The van der Waals surface area contributed by atoms with Crippen LogP contribution in [0.2, 0.25) is 0 Å². The Morgan fingerprint density at radius 1 is 1.80 bits per heavy atom.